The molecule has 54 heavy (non-hydrogen) atoms. The van der Waals surface area contributed by atoms with Gasteiger partial charge in [-0.3, -0.25) is 0 Å². The maximum atomic E-state index is 5.22. The summed E-state index contributed by atoms with van der Waals surface area (Å²) in [6.07, 6.45) is 0. The van der Waals surface area contributed by atoms with Crippen molar-refractivity contribution >= 4 is 64.6 Å². The van der Waals surface area contributed by atoms with Crippen molar-refractivity contribution in [3.63, 3.8) is 0 Å². The Bertz CT molecular complexity index is 3200. The normalized spacial score (nSPS) is 11.7. The molecule has 0 N–H and O–H groups in total. The molecule has 0 unspecified atom stereocenters. The molecule has 0 atom stereocenters. The summed E-state index contributed by atoms with van der Waals surface area (Å²) in [5.74, 6) is 0.715. The van der Waals surface area contributed by atoms with E-state index in [0.717, 1.165) is 33.5 Å². The molecule has 1 heterocycles. The first-order valence-electron chi connectivity index (χ1n) is 18.5. The van der Waals surface area contributed by atoms with Crippen LogP contribution in [0.25, 0.3) is 110 Å². The summed E-state index contributed by atoms with van der Waals surface area (Å²) >= 11 is 0. The van der Waals surface area contributed by atoms with Gasteiger partial charge in [-0.05, 0) is 87.9 Å². The lowest BCUT2D eigenvalue weighted by Crippen LogP contribution is -1.97. The minimum absolute atomic E-state index is 0.715. The SMILES string of the molecule is c1ccc(-c2cc(-c3ccc(-c4cc5cccc6c7ccccc7c7ccccc7c7cccc4c7c56)c4ccccc34)nc(-c3ccccc3)n2)cc1. The molecule has 11 rings (SSSR count). The van der Waals surface area contributed by atoms with Crippen molar-refractivity contribution in [2.45, 2.75) is 0 Å². The molecule has 0 saturated heterocycles. The van der Waals surface area contributed by atoms with Gasteiger partial charge in [0.2, 0.25) is 0 Å². The molecule has 0 radical (unpaired) electrons. The second kappa shape index (κ2) is 12.2. The minimum Gasteiger partial charge on any atom is -0.228 e. The highest BCUT2D eigenvalue weighted by atomic mass is 14.9. The molecule has 0 saturated carbocycles. The van der Waals surface area contributed by atoms with Gasteiger partial charge in [0.05, 0.1) is 11.4 Å². The van der Waals surface area contributed by atoms with E-state index in [9.17, 15) is 0 Å². The molecule has 1 aromatic heterocycles. The third-order valence-electron chi connectivity index (χ3n) is 11.0. The van der Waals surface area contributed by atoms with E-state index < -0.39 is 0 Å². The zero-order valence-electron chi connectivity index (χ0n) is 29.4. The van der Waals surface area contributed by atoms with Gasteiger partial charge in [-0.1, -0.05) is 182 Å². The van der Waals surface area contributed by atoms with E-state index in [1.54, 1.807) is 0 Å². The third kappa shape index (κ3) is 4.74. The molecule has 10 aromatic carbocycles. The molecule has 2 heteroatoms. The van der Waals surface area contributed by atoms with E-state index in [1.165, 1.54) is 70.4 Å². The van der Waals surface area contributed by atoms with E-state index in [-0.39, 0.29) is 0 Å². The third-order valence-corrected chi connectivity index (χ3v) is 11.0. The van der Waals surface area contributed by atoms with Gasteiger partial charge >= 0.3 is 0 Å². The first-order valence-corrected chi connectivity index (χ1v) is 18.5. The van der Waals surface area contributed by atoms with Crippen LogP contribution in [0.15, 0.2) is 194 Å². The van der Waals surface area contributed by atoms with Gasteiger partial charge in [-0.25, -0.2) is 9.97 Å². The van der Waals surface area contributed by atoms with Crippen LogP contribution >= 0.6 is 0 Å². The number of fused-ring (bicyclic) bond motifs is 6. The lowest BCUT2D eigenvalue weighted by Gasteiger charge is -2.18. The number of aromatic nitrogens is 2. The molecule has 2 nitrogen and oxygen atoms in total. The van der Waals surface area contributed by atoms with Gasteiger partial charge in [0.25, 0.3) is 0 Å². The zero-order valence-corrected chi connectivity index (χ0v) is 29.4. The number of hydrogen-bond donors (Lipinski definition) is 0. The van der Waals surface area contributed by atoms with Crippen molar-refractivity contribution in [2.24, 2.45) is 0 Å². The monoisotopic (exact) mass is 684 g/mol. The Morgan fingerprint density at radius 1 is 0.259 bits per heavy atom. The standard InChI is InChI=1S/C52H32N2/c1-3-15-33(16-4-1)48-32-49(54-52(53-48)34-17-5-2-6-18-34)43-30-29-42(38-22-7-10-23-39(38)43)47-31-35-19-13-26-44-40-24-11-8-20-36(40)37-21-9-12-25-41(37)45-27-14-28-46(47)51(45)50(35)44/h1-32H. The highest BCUT2D eigenvalue weighted by Crippen LogP contribution is 2.45. The molecule has 0 spiro atoms. The van der Waals surface area contributed by atoms with Crippen LogP contribution in [0, 0.1) is 0 Å². The fraction of sp³-hybridized carbons (Fsp3) is 0. The summed E-state index contributed by atoms with van der Waals surface area (Å²) < 4.78 is 0. The predicted molar refractivity (Wildman–Crippen MR) is 229 cm³/mol. The quantitative estimate of drug-likeness (QED) is 0.172. The number of benzene rings is 9. The minimum atomic E-state index is 0.715. The van der Waals surface area contributed by atoms with E-state index in [0.29, 0.717) is 5.82 Å². The molecule has 0 fully saturated rings. The average molecular weight is 685 g/mol. The van der Waals surface area contributed by atoms with Crippen molar-refractivity contribution in [3.05, 3.63) is 194 Å². The molecular formula is C52H32N2. The average Bonchev–Trinajstić information content (AvgIpc) is 3.25. The Hall–Kier alpha value is -7.16. The van der Waals surface area contributed by atoms with Gasteiger partial charge in [-0.15, -0.1) is 0 Å². The molecule has 11 aromatic rings. The highest BCUT2D eigenvalue weighted by molar-refractivity contribution is 6.34. The van der Waals surface area contributed by atoms with E-state index in [2.05, 4.69) is 170 Å². The van der Waals surface area contributed by atoms with E-state index >= 15 is 0 Å². The van der Waals surface area contributed by atoms with Gasteiger partial charge in [0.15, 0.2) is 5.82 Å². The largest absolute Gasteiger partial charge is 0.228 e. The Balaban J connectivity index is 1.21. The number of rotatable bonds is 4. The summed E-state index contributed by atoms with van der Waals surface area (Å²) in [6.45, 7) is 0. The molecular weight excluding hydrogens is 653 g/mol. The molecule has 0 amide bonds. The van der Waals surface area contributed by atoms with Crippen molar-refractivity contribution < 1.29 is 0 Å². The second-order valence-corrected chi connectivity index (χ2v) is 14.0. The van der Waals surface area contributed by atoms with Crippen LogP contribution in [-0.2, 0) is 0 Å². The number of hydrogen-bond acceptors (Lipinski definition) is 2. The summed E-state index contributed by atoms with van der Waals surface area (Å²) in [4.78, 5) is 10.3. The lowest BCUT2D eigenvalue weighted by molar-refractivity contribution is 1.18. The smallest absolute Gasteiger partial charge is 0.160 e. The van der Waals surface area contributed by atoms with Gasteiger partial charge in [0, 0.05) is 16.7 Å². The molecule has 0 bridgehead atoms. The molecule has 0 aliphatic heterocycles. The van der Waals surface area contributed by atoms with Crippen LogP contribution in [-0.4, -0.2) is 9.97 Å². The summed E-state index contributed by atoms with van der Waals surface area (Å²) in [6, 6.07) is 69.9. The van der Waals surface area contributed by atoms with E-state index in [4.69, 9.17) is 9.97 Å². The van der Waals surface area contributed by atoms with Gasteiger partial charge in [-0.2, -0.15) is 0 Å². The fourth-order valence-corrected chi connectivity index (χ4v) is 8.64. The van der Waals surface area contributed by atoms with Crippen LogP contribution in [0.5, 0.6) is 0 Å². The van der Waals surface area contributed by atoms with Crippen molar-refractivity contribution in [2.75, 3.05) is 0 Å². The van der Waals surface area contributed by atoms with Crippen LogP contribution < -0.4 is 0 Å². The highest BCUT2D eigenvalue weighted by Gasteiger charge is 2.19. The molecule has 0 aliphatic carbocycles. The van der Waals surface area contributed by atoms with Crippen molar-refractivity contribution in [1.29, 1.82) is 0 Å². The van der Waals surface area contributed by atoms with Crippen LogP contribution in [0.1, 0.15) is 0 Å². The predicted octanol–water partition coefficient (Wildman–Crippen LogP) is 14.1. The Kier molecular flexibility index (Phi) is 6.90. The topological polar surface area (TPSA) is 25.8 Å². The lowest BCUT2D eigenvalue weighted by atomic mass is 9.85. The zero-order chi connectivity index (χ0) is 35.6. The molecule has 250 valence electrons. The summed E-state index contributed by atoms with van der Waals surface area (Å²) in [7, 11) is 0. The maximum absolute atomic E-state index is 5.22. The first kappa shape index (κ1) is 30.5. The summed E-state index contributed by atoms with van der Waals surface area (Å²) in [5, 5.41) is 15.0. The Morgan fingerprint density at radius 3 is 1.39 bits per heavy atom. The van der Waals surface area contributed by atoms with Crippen molar-refractivity contribution in [3.8, 4) is 45.0 Å². The maximum Gasteiger partial charge on any atom is 0.160 e. The van der Waals surface area contributed by atoms with Crippen molar-refractivity contribution in [1.82, 2.24) is 9.97 Å². The first-order chi connectivity index (χ1) is 26.8. The summed E-state index contributed by atoms with van der Waals surface area (Å²) in [5.41, 5.74) is 7.37. The second-order valence-electron chi connectivity index (χ2n) is 14.0. The van der Waals surface area contributed by atoms with Crippen LogP contribution in [0.2, 0.25) is 0 Å². The Morgan fingerprint density at radius 2 is 0.722 bits per heavy atom. The molecule has 0 aliphatic rings. The van der Waals surface area contributed by atoms with Gasteiger partial charge < -0.3 is 0 Å². The number of nitrogens with zero attached hydrogens (tertiary/aromatic N) is 2. The van der Waals surface area contributed by atoms with E-state index in [1.807, 2.05) is 24.3 Å². The van der Waals surface area contributed by atoms with Gasteiger partial charge in [0.1, 0.15) is 0 Å². The fourth-order valence-electron chi connectivity index (χ4n) is 8.64. The van der Waals surface area contributed by atoms with Crippen LogP contribution in [0.3, 0.4) is 0 Å². The van der Waals surface area contributed by atoms with Crippen LogP contribution in [0.4, 0.5) is 0 Å². The Labute approximate surface area is 312 Å².